The fraction of sp³-hybridized carbons (Fsp3) is 0.167. The van der Waals surface area contributed by atoms with Gasteiger partial charge in [0.2, 0.25) is 0 Å². The van der Waals surface area contributed by atoms with Gasteiger partial charge in [-0.1, -0.05) is 6.07 Å². The van der Waals surface area contributed by atoms with Crippen LogP contribution in [0.3, 0.4) is 0 Å². The second kappa shape index (κ2) is 4.97. The molecule has 2 rings (SSSR count). The summed E-state index contributed by atoms with van der Waals surface area (Å²) in [7, 11) is 0. The van der Waals surface area contributed by atoms with E-state index in [1.165, 1.54) is 5.56 Å². The lowest BCUT2D eigenvalue weighted by atomic mass is 10.2. The topological polar surface area (TPSA) is 39.2 Å². The van der Waals surface area contributed by atoms with Crippen LogP contribution < -0.4 is 5.73 Å². The quantitative estimate of drug-likeness (QED) is 0.681. The van der Waals surface area contributed by atoms with Crippen LogP contribution in [0.1, 0.15) is 11.3 Å². The van der Waals surface area contributed by atoms with Crippen LogP contribution in [0.4, 0.5) is 5.69 Å². The number of halogens is 1. The van der Waals surface area contributed by atoms with Gasteiger partial charge in [0.05, 0.1) is 5.75 Å². The first-order valence-electron chi connectivity index (χ1n) is 4.88. The monoisotopic (exact) mass is 297 g/mol. The minimum atomic E-state index is 0.764. The van der Waals surface area contributed by atoms with Crippen molar-refractivity contribution in [3.8, 4) is 0 Å². The molecule has 16 heavy (non-hydrogen) atoms. The number of anilines is 1. The molecule has 2 nitrogen and oxygen atoms in total. The predicted molar refractivity (Wildman–Crippen MR) is 71.6 cm³/mol. The van der Waals surface area contributed by atoms with Crippen molar-refractivity contribution in [2.75, 3.05) is 5.73 Å². The number of furan rings is 1. The number of nitrogens with two attached hydrogens (primary N) is 1. The summed E-state index contributed by atoms with van der Waals surface area (Å²) in [6, 6.07) is 9.91. The fourth-order valence-corrected chi connectivity index (χ4v) is 2.64. The van der Waals surface area contributed by atoms with Gasteiger partial charge >= 0.3 is 0 Å². The lowest BCUT2D eigenvalue weighted by molar-refractivity contribution is 0.507. The van der Waals surface area contributed by atoms with Crippen LogP contribution in [0.2, 0.25) is 0 Å². The highest BCUT2D eigenvalue weighted by molar-refractivity contribution is 9.10. The summed E-state index contributed by atoms with van der Waals surface area (Å²) in [5, 5.41) is 0. The largest absolute Gasteiger partial charge is 0.453 e. The Morgan fingerprint density at radius 3 is 2.81 bits per heavy atom. The molecule has 0 radical (unpaired) electrons. The van der Waals surface area contributed by atoms with Gasteiger partial charge in [0.1, 0.15) is 5.76 Å². The van der Waals surface area contributed by atoms with E-state index < -0.39 is 0 Å². The van der Waals surface area contributed by atoms with Crippen LogP contribution in [0.5, 0.6) is 0 Å². The third-order valence-electron chi connectivity index (χ3n) is 2.17. The zero-order chi connectivity index (χ0) is 11.5. The van der Waals surface area contributed by atoms with Gasteiger partial charge in [-0.15, -0.1) is 11.8 Å². The number of aryl methyl sites for hydroxylation is 1. The summed E-state index contributed by atoms with van der Waals surface area (Å²) < 4.78 is 6.19. The van der Waals surface area contributed by atoms with Crippen LogP contribution >= 0.6 is 27.7 Å². The van der Waals surface area contributed by atoms with Crippen LogP contribution in [0.25, 0.3) is 0 Å². The minimum absolute atomic E-state index is 0.764. The number of thioether (sulfide) groups is 1. The highest BCUT2D eigenvalue weighted by Crippen LogP contribution is 2.30. The molecule has 0 aliphatic heterocycles. The Hall–Kier alpha value is -0.870. The van der Waals surface area contributed by atoms with Gasteiger partial charge in [-0.2, -0.15) is 0 Å². The van der Waals surface area contributed by atoms with Crippen LogP contribution in [0.15, 0.2) is 44.3 Å². The summed E-state index contributed by atoms with van der Waals surface area (Å²) in [4.78, 5) is 1.10. The Balaban J connectivity index is 2.07. The van der Waals surface area contributed by atoms with E-state index in [1.54, 1.807) is 11.8 Å². The average molecular weight is 298 g/mol. The molecule has 0 aliphatic carbocycles. The molecule has 2 aromatic rings. The molecule has 0 atom stereocenters. The molecule has 0 unspecified atom stereocenters. The Morgan fingerprint density at radius 1 is 1.31 bits per heavy atom. The molecule has 0 amide bonds. The van der Waals surface area contributed by atoms with Crippen molar-refractivity contribution in [2.24, 2.45) is 0 Å². The smallest absolute Gasteiger partial charge is 0.169 e. The number of benzene rings is 1. The molecule has 0 bridgehead atoms. The number of rotatable bonds is 3. The summed E-state index contributed by atoms with van der Waals surface area (Å²) in [5.41, 5.74) is 7.94. The van der Waals surface area contributed by atoms with E-state index in [-0.39, 0.29) is 0 Å². The highest BCUT2D eigenvalue weighted by atomic mass is 79.9. The maximum atomic E-state index is 5.90. The second-order valence-electron chi connectivity index (χ2n) is 3.54. The molecule has 0 saturated heterocycles. The number of hydrogen-bond acceptors (Lipinski definition) is 3. The predicted octanol–water partition coefficient (Wildman–Crippen LogP) is 4.23. The van der Waals surface area contributed by atoms with Crippen molar-refractivity contribution in [3.63, 3.8) is 0 Å². The Morgan fingerprint density at radius 2 is 2.12 bits per heavy atom. The zero-order valence-corrected chi connectivity index (χ0v) is 11.3. The lowest BCUT2D eigenvalue weighted by Gasteiger charge is -2.05. The van der Waals surface area contributed by atoms with Gasteiger partial charge in [0.15, 0.2) is 4.67 Å². The van der Waals surface area contributed by atoms with E-state index in [0.717, 1.165) is 26.8 Å². The molecule has 2 N–H and O–H groups in total. The third-order valence-corrected chi connectivity index (χ3v) is 3.69. The molecule has 1 aromatic heterocycles. The molecule has 1 heterocycles. The molecule has 0 aliphatic rings. The SMILES string of the molecule is Cc1ccc(N)c(SCc2ccc(Br)o2)c1. The lowest BCUT2D eigenvalue weighted by Crippen LogP contribution is -1.89. The van der Waals surface area contributed by atoms with E-state index in [2.05, 4.69) is 28.9 Å². The maximum Gasteiger partial charge on any atom is 0.169 e. The Labute approximate surface area is 107 Å². The van der Waals surface area contributed by atoms with Crippen molar-refractivity contribution in [2.45, 2.75) is 17.6 Å². The van der Waals surface area contributed by atoms with Crippen molar-refractivity contribution in [1.82, 2.24) is 0 Å². The van der Waals surface area contributed by atoms with Gasteiger partial charge in [-0.05, 0) is 52.7 Å². The zero-order valence-electron chi connectivity index (χ0n) is 8.87. The Kier molecular flexibility index (Phi) is 3.61. The van der Waals surface area contributed by atoms with Crippen molar-refractivity contribution in [1.29, 1.82) is 0 Å². The van der Waals surface area contributed by atoms with Crippen LogP contribution in [0, 0.1) is 6.92 Å². The summed E-state index contributed by atoms with van der Waals surface area (Å²) in [5.74, 6) is 1.73. The van der Waals surface area contributed by atoms with Gasteiger partial charge in [0.25, 0.3) is 0 Å². The normalized spacial score (nSPS) is 10.6. The molecule has 0 saturated carbocycles. The van der Waals surface area contributed by atoms with E-state index >= 15 is 0 Å². The van der Waals surface area contributed by atoms with E-state index in [1.807, 2.05) is 24.3 Å². The fourth-order valence-electron chi connectivity index (χ4n) is 1.34. The van der Waals surface area contributed by atoms with E-state index in [9.17, 15) is 0 Å². The Bertz CT molecular complexity index is 496. The second-order valence-corrected chi connectivity index (χ2v) is 5.33. The molecular formula is C12H12BrNOS. The van der Waals surface area contributed by atoms with Gasteiger partial charge in [0, 0.05) is 10.6 Å². The molecular weight excluding hydrogens is 286 g/mol. The standard InChI is InChI=1S/C12H12BrNOS/c1-8-2-4-10(14)11(6-8)16-7-9-3-5-12(13)15-9/h2-6H,7,14H2,1H3. The first kappa shape index (κ1) is 11.6. The molecule has 84 valence electrons. The van der Waals surface area contributed by atoms with Gasteiger partial charge in [-0.25, -0.2) is 0 Å². The van der Waals surface area contributed by atoms with Crippen LogP contribution in [-0.4, -0.2) is 0 Å². The maximum absolute atomic E-state index is 5.90. The van der Waals surface area contributed by atoms with Crippen molar-refractivity contribution >= 4 is 33.4 Å². The summed E-state index contributed by atoms with van der Waals surface area (Å²) >= 11 is 4.97. The number of hydrogen-bond donors (Lipinski definition) is 1. The molecule has 0 spiro atoms. The van der Waals surface area contributed by atoms with Gasteiger partial charge < -0.3 is 10.2 Å². The molecule has 4 heteroatoms. The highest BCUT2D eigenvalue weighted by Gasteiger charge is 2.04. The van der Waals surface area contributed by atoms with Crippen molar-refractivity contribution in [3.05, 3.63) is 46.3 Å². The van der Waals surface area contributed by atoms with Crippen molar-refractivity contribution < 1.29 is 4.42 Å². The number of nitrogen functional groups attached to an aromatic ring is 1. The van der Waals surface area contributed by atoms with Crippen LogP contribution in [-0.2, 0) is 5.75 Å². The van der Waals surface area contributed by atoms with Gasteiger partial charge in [-0.3, -0.25) is 0 Å². The summed E-state index contributed by atoms with van der Waals surface area (Å²) in [6.07, 6.45) is 0. The molecule has 0 fully saturated rings. The third kappa shape index (κ3) is 2.83. The molecule has 1 aromatic carbocycles. The average Bonchev–Trinajstić information content (AvgIpc) is 2.66. The summed E-state index contributed by atoms with van der Waals surface area (Å²) in [6.45, 7) is 2.06. The minimum Gasteiger partial charge on any atom is -0.453 e. The van der Waals surface area contributed by atoms with E-state index in [0.29, 0.717) is 0 Å². The first-order valence-corrected chi connectivity index (χ1v) is 6.66. The van der Waals surface area contributed by atoms with E-state index in [4.69, 9.17) is 10.2 Å². The first-order chi connectivity index (χ1) is 7.65.